The van der Waals surface area contributed by atoms with Crippen LogP contribution in [0.2, 0.25) is 0 Å². The molecule has 1 fully saturated rings. The molecule has 0 unspecified atom stereocenters. The summed E-state index contributed by atoms with van der Waals surface area (Å²) in [5, 5.41) is 0.415. The molecule has 20 heavy (non-hydrogen) atoms. The lowest BCUT2D eigenvalue weighted by molar-refractivity contribution is 0.439. The van der Waals surface area contributed by atoms with Crippen LogP contribution in [-0.4, -0.2) is 21.6 Å². The SMILES string of the molecule is CCCCCc1ccc(C=C2OC(=S)N(CC)C2=S)o1. The van der Waals surface area contributed by atoms with E-state index >= 15 is 0 Å². The van der Waals surface area contributed by atoms with Crippen molar-refractivity contribution in [1.82, 2.24) is 4.90 Å². The number of unbranched alkanes of at least 4 members (excludes halogenated alkanes) is 2. The van der Waals surface area contributed by atoms with Gasteiger partial charge in [-0.15, -0.1) is 0 Å². The van der Waals surface area contributed by atoms with Gasteiger partial charge in [-0.2, -0.15) is 0 Å². The van der Waals surface area contributed by atoms with Gasteiger partial charge in [-0.25, -0.2) is 0 Å². The molecule has 1 aromatic rings. The molecule has 0 spiro atoms. The summed E-state index contributed by atoms with van der Waals surface area (Å²) >= 11 is 10.5. The number of aryl methyl sites for hydroxylation is 1. The number of ether oxygens (including phenoxy) is 1. The summed E-state index contributed by atoms with van der Waals surface area (Å²) in [6.45, 7) is 4.90. The number of nitrogens with zero attached hydrogens (tertiary/aromatic N) is 1. The number of thiocarbonyl (C=S) groups is 2. The molecule has 1 saturated heterocycles. The lowest BCUT2D eigenvalue weighted by Gasteiger charge is -2.09. The van der Waals surface area contributed by atoms with Crippen molar-refractivity contribution in [3.63, 3.8) is 0 Å². The maximum Gasteiger partial charge on any atom is 0.270 e. The van der Waals surface area contributed by atoms with Crippen molar-refractivity contribution in [3.05, 3.63) is 29.4 Å². The lowest BCUT2D eigenvalue weighted by atomic mass is 10.2. The van der Waals surface area contributed by atoms with Gasteiger partial charge in [-0.1, -0.05) is 32.0 Å². The Hall–Kier alpha value is -1.20. The molecule has 2 heterocycles. The van der Waals surface area contributed by atoms with E-state index in [0.717, 1.165) is 30.9 Å². The Morgan fingerprint density at radius 2 is 2.00 bits per heavy atom. The normalized spacial score (nSPS) is 17.1. The Kier molecular flexibility index (Phi) is 5.31. The van der Waals surface area contributed by atoms with Crippen LogP contribution in [0.4, 0.5) is 0 Å². The third-order valence-electron chi connectivity index (χ3n) is 3.17. The Labute approximate surface area is 130 Å². The summed E-state index contributed by atoms with van der Waals surface area (Å²) in [4.78, 5) is 2.42. The molecule has 1 aliphatic heterocycles. The van der Waals surface area contributed by atoms with Gasteiger partial charge >= 0.3 is 0 Å². The average molecular weight is 309 g/mol. The van der Waals surface area contributed by atoms with Gasteiger partial charge in [0.1, 0.15) is 11.5 Å². The summed E-state index contributed by atoms with van der Waals surface area (Å²) in [6.07, 6.45) is 6.38. The van der Waals surface area contributed by atoms with Crippen LogP contribution in [0.3, 0.4) is 0 Å². The first-order chi connectivity index (χ1) is 9.65. The third-order valence-corrected chi connectivity index (χ3v) is 3.90. The van der Waals surface area contributed by atoms with Gasteiger partial charge in [0.05, 0.1) is 0 Å². The van der Waals surface area contributed by atoms with E-state index in [1.54, 1.807) is 4.90 Å². The summed E-state index contributed by atoms with van der Waals surface area (Å²) in [5.41, 5.74) is 0. The monoisotopic (exact) mass is 309 g/mol. The van der Waals surface area contributed by atoms with E-state index in [-0.39, 0.29) is 0 Å². The maximum absolute atomic E-state index is 5.77. The molecule has 1 aromatic heterocycles. The largest absolute Gasteiger partial charge is 0.462 e. The van der Waals surface area contributed by atoms with Gasteiger partial charge in [0.25, 0.3) is 5.17 Å². The van der Waals surface area contributed by atoms with Crippen LogP contribution < -0.4 is 0 Å². The Morgan fingerprint density at radius 1 is 1.20 bits per heavy atom. The number of furan rings is 1. The number of hydrogen-bond acceptors (Lipinski definition) is 4. The fraction of sp³-hybridized carbons (Fsp3) is 0.467. The second-order valence-corrected chi connectivity index (χ2v) is 5.42. The standard InChI is InChI=1S/C15H19NO2S2/c1-3-5-6-7-11-8-9-12(17-11)10-13-14(19)16(4-2)15(20)18-13/h8-10H,3-7H2,1-2H3. The zero-order valence-corrected chi connectivity index (χ0v) is 13.5. The third kappa shape index (κ3) is 3.46. The molecule has 5 heteroatoms. The van der Waals surface area contributed by atoms with Gasteiger partial charge in [-0.05, 0) is 37.7 Å². The van der Waals surface area contributed by atoms with Crippen molar-refractivity contribution in [3.8, 4) is 0 Å². The van der Waals surface area contributed by atoms with Crippen molar-refractivity contribution in [2.75, 3.05) is 6.54 Å². The predicted molar refractivity (Wildman–Crippen MR) is 88.6 cm³/mol. The predicted octanol–water partition coefficient (Wildman–Crippen LogP) is 4.32. The number of rotatable bonds is 6. The Balaban J connectivity index is 2.04. The zero-order chi connectivity index (χ0) is 14.5. The van der Waals surface area contributed by atoms with Gasteiger partial charge in [0, 0.05) is 19.0 Å². The van der Waals surface area contributed by atoms with E-state index in [9.17, 15) is 0 Å². The van der Waals surface area contributed by atoms with E-state index in [1.165, 1.54) is 12.8 Å². The molecule has 3 nitrogen and oxygen atoms in total. The van der Waals surface area contributed by atoms with Gasteiger partial charge in [0.15, 0.2) is 10.7 Å². The molecule has 0 N–H and O–H groups in total. The van der Waals surface area contributed by atoms with Crippen LogP contribution in [0.25, 0.3) is 6.08 Å². The summed E-state index contributed by atoms with van der Waals surface area (Å²) < 4.78 is 11.3. The highest BCUT2D eigenvalue weighted by Gasteiger charge is 2.28. The molecule has 0 saturated carbocycles. The minimum Gasteiger partial charge on any atom is -0.462 e. The second-order valence-electron chi connectivity index (χ2n) is 4.69. The Bertz CT molecular complexity index is 534. The fourth-order valence-corrected chi connectivity index (χ4v) is 2.74. The fourth-order valence-electron chi connectivity index (χ4n) is 2.06. The highest BCUT2D eigenvalue weighted by molar-refractivity contribution is 7.82. The molecule has 0 aliphatic carbocycles. The van der Waals surface area contributed by atoms with Crippen molar-refractivity contribution < 1.29 is 9.15 Å². The highest BCUT2D eigenvalue weighted by atomic mass is 32.1. The van der Waals surface area contributed by atoms with E-state index in [0.29, 0.717) is 15.9 Å². The van der Waals surface area contributed by atoms with Crippen LogP contribution in [0, 0.1) is 0 Å². The second kappa shape index (κ2) is 6.99. The van der Waals surface area contributed by atoms with Crippen molar-refractivity contribution in [1.29, 1.82) is 0 Å². The van der Waals surface area contributed by atoms with E-state index in [2.05, 4.69) is 6.92 Å². The summed E-state index contributed by atoms with van der Waals surface area (Å²) in [7, 11) is 0. The van der Waals surface area contributed by atoms with E-state index in [1.807, 2.05) is 25.1 Å². The molecule has 108 valence electrons. The maximum atomic E-state index is 5.77. The van der Waals surface area contributed by atoms with Crippen LogP contribution in [-0.2, 0) is 11.2 Å². The van der Waals surface area contributed by atoms with Crippen LogP contribution >= 0.6 is 24.4 Å². The van der Waals surface area contributed by atoms with Crippen LogP contribution in [0.1, 0.15) is 44.6 Å². The van der Waals surface area contributed by atoms with Crippen molar-refractivity contribution in [2.45, 2.75) is 39.5 Å². The first kappa shape index (κ1) is 15.2. The Morgan fingerprint density at radius 3 is 2.65 bits per heavy atom. The van der Waals surface area contributed by atoms with Gasteiger partial charge < -0.3 is 9.15 Å². The lowest BCUT2D eigenvalue weighted by Crippen LogP contribution is -2.26. The highest BCUT2D eigenvalue weighted by Crippen LogP contribution is 2.22. The number of hydrogen-bond donors (Lipinski definition) is 0. The molecule has 0 aromatic carbocycles. The number of likely N-dealkylation sites (N-methyl/N-ethyl adjacent to an activating group) is 1. The summed E-state index contributed by atoms with van der Waals surface area (Å²) in [5.74, 6) is 2.36. The van der Waals surface area contributed by atoms with Crippen molar-refractivity contribution >= 4 is 40.7 Å². The van der Waals surface area contributed by atoms with E-state index < -0.39 is 0 Å². The quantitative estimate of drug-likeness (QED) is 0.443. The first-order valence-corrected chi connectivity index (χ1v) is 7.81. The molecular formula is C15H19NO2S2. The minimum atomic E-state index is 0.415. The van der Waals surface area contributed by atoms with E-state index in [4.69, 9.17) is 33.6 Å². The molecular weight excluding hydrogens is 290 g/mol. The molecule has 0 atom stereocenters. The first-order valence-electron chi connectivity index (χ1n) is 6.99. The summed E-state index contributed by atoms with van der Waals surface area (Å²) in [6, 6.07) is 3.95. The van der Waals surface area contributed by atoms with Gasteiger partial charge in [-0.3, -0.25) is 4.90 Å². The average Bonchev–Trinajstić information content (AvgIpc) is 2.96. The molecule has 2 rings (SSSR count). The van der Waals surface area contributed by atoms with Crippen LogP contribution in [0.15, 0.2) is 22.3 Å². The van der Waals surface area contributed by atoms with Crippen molar-refractivity contribution in [2.24, 2.45) is 0 Å². The topological polar surface area (TPSA) is 25.6 Å². The van der Waals surface area contributed by atoms with Crippen LogP contribution in [0.5, 0.6) is 0 Å². The molecule has 0 bridgehead atoms. The molecule has 0 amide bonds. The van der Waals surface area contributed by atoms with Gasteiger partial charge in [0.2, 0.25) is 0 Å². The molecule has 1 aliphatic rings. The zero-order valence-electron chi connectivity index (χ0n) is 11.8. The molecule has 0 radical (unpaired) electrons. The minimum absolute atomic E-state index is 0.415. The smallest absolute Gasteiger partial charge is 0.270 e.